The van der Waals surface area contributed by atoms with E-state index in [0.29, 0.717) is 11.5 Å². The number of hydrogen-bond acceptors (Lipinski definition) is 2. The summed E-state index contributed by atoms with van der Waals surface area (Å²) in [6, 6.07) is 1.82. The maximum Gasteiger partial charge on any atom is 0.256 e. The maximum atomic E-state index is 13.8. The molecule has 0 saturated carbocycles. The number of thiophene rings is 1. The van der Waals surface area contributed by atoms with Crippen LogP contribution in [0.25, 0.3) is 0 Å². The van der Waals surface area contributed by atoms with Gasteiger partial charge in [-0.05, 0) is 48.3 Å². The van der Waals surface area contributed by atoms with E-state index >= 15 is 0 Å². The third-order valence-corrected chi connectivity index (χ3v) is 5.96. The zero-order valence-corrected chi connectivity index (χ0v) is 15.2. The van der Waals surface area contributed by atoms with E-state index in [9.17, 15) is 18.0 Å². The molecule has 0 saturated heterocycles. The highest BCUT2D eigenvalue weighted by Crippen LogP contribution is 2.40. The molecular weight excluding hydrogens is 347 g/mol. The minimum Gasteiger partial charge on any atom is -0.319 e. The Morgan fingerprint density at radius 3 is 2.60 bits per heavy atom. The molecule has 1 aromatic heterocycles. The number of carbonyl (C=O) groups is 1. The van der Waals surface area contributed by atoms with Crippen molar-refractivity contribution in [1.82, 2.24) is 0 Å². The Bertz CT molecular complexity index is 823. The highest BCUT2D eigenvalue weighted by molar-refractivity contribution is 7.10. The molecular formula is C19H20F3NOS. The fourth-order valence-electron chi connectivity index (χ4n) is 3.25. The van der Waals surface area contributed by atoms with E-state index in [0.717, 1.165) is 37.0 Å². The summed E-state index contributed by atoms with van der Waals surface area (Å²) in [5.74, 6) is -4.19. The number of carbonyl (C=O) groups excluding carboxylic acids is 1. The van der Waals surface area contributed by atoms with E-state index in [1.54, 1.807) is 5.38 Å². The summed E-state index contributed by atoms with van der Waals surface area (Å²) < 4.78 is 40.1. The van der Waals surface area contributed by atoms with Crippen molar-refractivity contribution in [2.24, 2.45) is 11.3 Å². The fraction of sp³-hybridized carbons (Fsp3) is 0.421. The Hall–Kier alpha value is -1.82. The lowest BCUT2D eigenvalue weighted by Gasteiger charge is -2.34. The van der Waals surface area contributed by atoms with Gasteiger partial charge in [-0.15, -0.1) is 11.3 Å². The van der Waals surface area contributed by atoms with E-state index < -0.39 is 23.4 Å². The van der Waals surface area contributed by atoms with Gasteiger partial charge in [0.05, 0.1) is 11.3 Å². The van der Waals surface area contributed by atoms with Gasteiger partial charge in [0.1, 0.15) is 0 Å². The monoisotopic (exact) mass is 367 g/mol. The molecule has 0 fully saturated rings. The van der Waals surface area contributed by atoms with Crippen molar-refractivity contribution < 1.29 is 18.0 Å². The fourth-order valence-corrected chi connectivity index (χ4v) is 4.42. The first-order valence-corrected chi connectivity index (χ1v) is 9.10. The summed E-state index contributed by atoms with van der Waals surface area (Å²) >= 11 is 1.53. The van der Waals surface area contributed by atoms with E-state index in [4.69, 9.17) is 0 Å². The van der Waals surface area contributed by atoms with Gasteiger partial charge in [0.15, 0.2) is 17.5 Å². The van der Waals surface area contributed by atoms with Gasteiger partial charge in [0, 0.05) is 10.3 Å². The first-order valence-electron chi connectivity index (χ1n) is 8.22. The van der Waals surface area contributed by atoms with E-state index in [2.05, 4.69) is 26.1 Å². The summed E-state index contributed by atoms with van der Waals surface area (Å²) in [5, 5.41) is 4.12. The number of nitrogens with one attached hydrogen (secondary N) is 1. The Labute approximate surface area is 149 Å². The third-order valence-electron chi connectivity index (χ3n) is 4.91. The van der Waals surface area contributed by atoms with Crippen LogP contribution in [0.5, 0.6) is 0 Å². The normalized spacial score (nSPS) is 17.3. The molecule has 1 N–H and O–H groups in total. The highest BCUT2D eigenvalue weighted by atomic mass is 32.1. The number of hydrogen-bond donors (Lipinski definition) is 1. The molecule has 1 amide bonds. The standard InChI is InChI=1S/C19H20F3NOS/c1-19(2,3)10-4-5-11-12(9-25-15(11)8-10)18(24)23-14-7-6-13(20)16(21)17(14)22/h6-7,9-10H,4-5,8H2,1-3H3,(H,23,24). The predicted molar refractivity (Wildman–Crippen MR) is 93.6 cm³/mol. The number of anilines is 1. The van der Waals surface area contributed by atoms with Crippen molar-refractivity contribution in [2.45, 2.75) is 40.0 Å². The molecule has 1 unspecified atom stereocenters. The van der Waals surface area contributed by atoms with Gasteiger partial charge in [0.25, 0.3) is 5.91 Å². The smallest absolute Gasteiger partial charge is 0.256 e. The van der Waals surface area contributed by atoms with Crippen LogP contribution in [-0.4, -0.2) is 5.91 Å². The van der Waals surface area contributed by atoms with Crippen LogP contribution in [0.15, 0.2) is 17.5 Å². The molecule has 1 aliphatic carbocycles. The Morgan fingerprint density at radius 2 is 1.92 bits per heavy atom. The van der Waals surface area contributed by atoms with Crippen molar-refractivity contribution >= 4 is 22.9 Å². The Balaban J connectivity index is 1.82. The summed E-state index contributed by atoms with van der Waals surface area (Å²) in [6.45, 7) is 6.65. The molecule has 1 aliphatic rings. The average Bonchev–Trinajstić information content (AvgIpc) is 2.98. The molecule has 3 rings (SSSR count). The molecule has 2 nitrogen and oxygen atoms in total. The van der Waals surface area contributed by atoms with Crippen LogP contribution in [0.3, 0.4) is 0 Å². The van der Waals surface area contributed by atoms with Crippen molar-refractivity contribution in [3.05, 3.63) is 51.0 Å². The zero-order valence-electron chi connectivity index (χ0n) is 14.4. The van der Waals surface area contributed by atoms with Gasteiger partial charge in [-0.25, -0.2) is 13.2 Å². The Morgan fingerprint density at radius 1 is 1.20 bits per heavy atom. The predicted octanol–water partition coefficient (Wildman–Crippen LogP) is 5.57. The van der Waals surface area contributed by atoms with Crippen molar-refractivity contribution in [2.75, 3.05) is 5.32 Å². The van der Waals surface area contributed by atoms with Gasteiger partial charge < -0.3 is 5.32 Å². The molecule has 1 aromatic carbocycles. The van der Waals surface area contributed by atoms with Crippen LogP contribution in [0.2, 0.25) is 0 Å². The van der Waals surface area contributed by atoms with Gasteiger partial charge in [-0.3, -0.25) is 4.79 Å². The van der Waals surface area contributed by atoms with Crippen LogP contribution in [0, 0.1) is 28.8 Å². The highest BCUT2D eigenvalue weighted by Gasteiger charge is 2.31. The van der Waals surface area contributed by atoms with Gasteiger partial charge >= 0.3 is 0 Å². The molecule has 25 heavy (non-hydrogen) atoms. The largest absolute Gasteiger partial charge is 0.319 e. The first-order chi connectivity index (χ1) is 11.7. The first kappa shape index (κ1) is 18.0. The number of fused-ring (bicyclic) bond motifs is 1. The second kappa shape index (κ2) is 6.48. The van der Waals surface area contributed by atoms with Crippen LogP contribution in [-0.2, 0) is 12.8 Å². The summed E-state index contributed by atoms with van der Waals surface area (Å²) in [7, 11) is 0. The second-order valence-electron chi connectivity index (χ2n) is 7.53. The molecule has 0 spiro atoms. The molecule has 0 radical (unpaired) electrons. The van der Waals surface area contributed by atoms with Crippen LogP contribution in [0.4, 0.5) is 18.9 Å². The number of benzene rings is 1. The number of rotatable bonds is 2. The van der Waals surface area contributed by atoms with Crippen LogP contribution >= 0.6 is 11.3 Å². The zero-order chi connectivity index (χ0) is 18.4. The Kier molecular flexibility index (Phi) is 4.66. The van der Waals surface area contributed by atoms with Gasteiger partial charge in [-0.1, -0.05) is 20.8 Å². The molecule has 2 aromatic rings. The molecule has 6 heteroatoms. The average molecular weight is 367 g/mol. The molecule has 0 aliphatic heterocycles. The summed E-state index contributed by atoms with van der Waals surface area (Å²) in [6.07, 6.45) is 2.72. The maximum absolute atomic E-state index is 13.8. The van der Waals surface area contributed by atoms with E-state index in [1.165, 1.54) is 16.2 Å². The van der Waals surface area contributed by atoms with E-state index in [-0.39, 0.29) is 11.1 Å². The molecule has 1 atom stereocenters. The second-order valence-corrected chi connectivity index (χ2v) is 8.50. The van der Waals surface area contributed by atoms with Gasteiger partial charge in [-0.2, -0.15) is 0 Å². The topological polar surface area (TPSA) is 29.1 Å². The molecule has 134 valence electrons. The summed E-state index contributed by atoms with van der Waals surface area (Å²) in [4.78, 5) is 13.7. The van der Waals surface area contributed by atoms with E-state index in [1.807, 2.05) is 0 Å². The van der Waals surface area contributed by atoms with Crippen molar-refractivity contribution in [3.8, 4) is 0 Å². The quantitative estimate of drug-likeness (QED) is 0.691. The number of amides is 1. The molecule has 1 heterocycles. The van der Waals surface area contributed by atoms with Crippen molar-refractivity contribution in [3.63, 3.8) is 0 Å². The third kappa shape index (κ3) is 3.45. The van der Waals surface area contributed by atoms with Crippen LogP contribution in [0.1, 0.15) is 48.0 Å². The lowest BCUT2D eigenvalue weighted by molar-refractivity contribution is 0.102. The summed E-state index contributed by atoms with van der Waals surface area (Å²) in [5.41, 5.74) is 1.34. The minimum absolute atomic E-state index is 0.207. The van der Waals surface area contributed by atoms with Crippen molar-refractivity contribution in [1.29, 1.82) is 0 Å². The minimum atomic E-state index is -1.59. The lowest BCUT2D eigenvalue weighted by Crippen LogP contribution is -2.27. The SMILES string of the molecule is CC(C)(C)C1CCc2c(C(=O)Nc3ccc(F)c(F)c3F)csc2C1. The number of halogens is 3. The lowest BCUT2D eigenvalue weighted by atomic mass is 9.72. The van der Waals surface area contributed by atoms with Crippen LogP contribution < -0.4 is 5.32 Å². The molecule has 0 bridgehead atoms. The van der Waals surface area contributed by atoms with Gasteiger partial charge in [0.2, 0.25) is 0 Å².